The molecular weight excluding hydrogens is 470 g/mol. The molecule has 3 saturated carbocycles. The Kier molecular flexibility index (Phi) is 5.55. The second kappa shape index (κ2) is 7.78. The Morgan fingerprint density at radius 2 is 1.58 bits per heavy atom. The van der Waals surface area contributed by atoms with Gasteiger partial charge in [0.1, 0.15) is 0 Å². The molecule has 0 saturated heterocycles. The lowest BCUT2D eigenvalue weighted by atomic mass is 9.34. The Balaban J connectivity index is 1.68. The minimum atomic E-state index is -0.476. The Hall–Kier alpha value is -1.95. The average Bonchev–Trinajstić information content (AvgIpc) is 2.79. The molecule has 0 bridgehead atoms. The van der Waals surface area contributed by atoms with Crippen LogP contribution in [-0.2, 0) is 15.0 Å². The molecule has 1 aromatic carbocycles. The zero-order valence-electron chi connectivity index (χ0n) is 22.5. The van der Waals surface area contributed by atoms with E-state index in [9.17, 15) is 19.8 Å². The second-order valence-electron chi connectivity index (χ2n) is 13.5. The summed E-state index contributed by atoms with van der Waals surface area (Å²) in [5, 5.41) is 20.7. The van der Waals surface area contributed by atoms with Gasteiger partial charge >= 0.3 is 0 Å². The molecule has 4 N–H and O–H groups in total. The van der Waals surface area contributed by atoms with E-state index in [0.29, 0.717) is 5.92 Å². The van der Waals surface area contributed by atoms with Gasteiger partial charge in [-0.25, -0.2) is 0 Å². The van der Waals surface area contributed by atoms with E-state index < -0.39 is 5.41 Å². The number of nitrogens with two attached hydrogens (primary N) is 1. The van der Waals surface area contributed by atoms with Gasteiger partial charge < -0.3 is 15.9 Å². The smallest absolute Gasteiger partial charge is 0.223 e. The Bertz CT molecular complexity index is 1190. The fourth-order valence-electron chi connectivity index (χ4n) is 8.87. The maximum atomic E-state index is 12.6. The summed E-state index contributed by atoms with van der Waals surface area (Å²) in [5.41, 5.74) is 8.52. The van der Waals surface area contributed by atoms with E-state index in [0.717, 1.165) is 56.1 Å². The van der Waals surface area contributed by atoms with Crippen molar-refractivity contribution in [3.8, 4) is 11.5 Å². The number of hydrogen-bond acceptors (Lipinski definition) is 5. The highest BCUT2D eigenvalue weighted by molar-refractivity contribution is 8.13. The van der Waals surface area contributed by atoms with Crippen LogP contribution >= 0.6 is 11.8 Å². The normalized spacial score (nSPS) is 43.3. The zero-order valence-corrected chi connectivity index (χ0v) is 23.3. The van der Waals surface area contributed by atoms with Crippen molar-refractivity contribution in [2.75, 3.05) is 0 Å². The van der Waals surface area contributed by atoms with Crippen LogP contribution in [0.25, 0.3) is 0 Å². The largest absolute Gasteiger partial charge is 0.504 e. The van der Waals surface area contributed by atoms with Crippen LogP contribution in [0.3, 0.4) is 0 Å². The van der Waals surface area contributed by atoms with E-state index in [-0.39, 0.29) is 49.4 Å². The minimum absolute atomic E-state index is 0.0234. The second-order valence-corrected chi connectivity index (χ2v) is 14.8. The Morgan fingerprint density at radius 1 is 0.944 bits per heavy atom. The number of carbonyl (C=O) groups excluding carboxylic acids is 2. The van der Waals surface area contributed by atoms with Crippen molar-refractivity contribution >= 4 is 22.8 Å². The average molecular weight is 512 g/mol. The molecule has 7 atom stereocenters. The Morgan fingerprint density at radius 3 is 2.22 bits per heavy atom. The molecular formula is C30H41NO4S. The lowest BCUT2D eigenvalue weighted by Gasteiger charge is -2.70. The molecule has 4 aliphatic rings. The van der Waals surface area contributed by atoms with Gasteiger partial charge in [-0.2, -0.15) is 0 Å². The minimum Gasteiger partial charge on any atom is -0.504 e. The van der Waals surface area contributed by atoms with Gasteiger partial charge in [0.2, 0.25) is 5.91 Å². The van der Waals surface area contributed by atoms with Gasteiger partial charge in [-0.1, -0.05) is 58.0 Å². The molecule has 36 heavy (non-hydrogen) atoms. The van der Waals surface area contributed by atoms with Crippen LogP contribution in [0.15, 0.2) is 23.8 Å². The third kappa shape index (κ3) is 3.28. The SMILES string of the molecule is CC(=O)SC1C=C2[C@@](C)(CC[C@@]3(C)[C@@H]4C[C@](C)(C(N)=O)CC[C@]4(C)CC[C@]23C)c2cc(O)c(O)cc21. The van der Waals surface area contributed by atoms with Gasteiger partial charge in [0.15, 0.2) is 16.6 Å². The molecule has 1 unspecified atom stereocenters. The van der Waals surface area contributed by atoms with Crippen molar-refractivity contribution < 1.29 is 19.8 Å². The molecule has 1 amide bonds. The quantitative estimate of drug-likeness (QED) is 0.310. The lowest BCUT2D eigenvalue weighted by molar-refractivity contribution is -0.166. The number of aromatic hydroxyl groups is 2. The monoisotopic (exact) mass is 511 g/mol. The van der Waals surface area contributed by atoms with E-state index >= 15 is 0 Å². The first-order valence-electron chi connectivity index (χ1n) is 13.4. The maximum Gasteiger partial charge on any atom is 0.223 e. The summed E-state index contributed by atoms with van der Waals surface area (Å²) >= 11 is 1.28. The van der Waals surface area contributed by atoms with Crippen LogP contribution in [0, 0.1) is 27.6 Å². The molecule has 4 aliphatic carbocycles. The maximum absolute atomic E-state index is 12.6. The summed E-state index contributed by atoms with van der Waals surface area (Å²) in [6, 6.07) is 3.38. The molecule has 5 nitrogen and oxygen atoms in total. The van der Waals surface area contributed by atoms with Gasteiger partial charge in [-0.3, -0.25) is 9.59 Å². The van der Waals surface area contributed by atoms with Crippen molar-refractivity contribution in [3.63, 3.8) is 0 Å². The van der Waals surface area contributed by atoms with E-state index in [4.69, 9.17) is 5.73 Å². The van der Waals surface area contributed by atoms with Crippen LogP contribution < -0.4 is 5.73 Å². The first-order chi connectivity index (χ1) is 16.6. The summed E-state index contributed by atoms with van der Waals surface area (Å²) in [7, 11) is 0. The number of hydrogen-bond donors (Lipinski definition) is 3. The third-order valence-corrected chi connectivity index (χ3v) is 12.5. The predicted molar refractivity (Wildman–Crippen MR) is 144 cm³/mol. The van der Waals surface area contributed by atoms with Crippen LogP contribution in [0.5, 0.6) is 11.5 Å². The highest BCUT2D eigenvalue weighted by Gasteiger charge is 2.67. The van der Waals surface area contributed by atoms with Gasteiger partial charge in [-0.15, -0.1) is 0 Å². The molecule has 196 valence electrons. The van der Waals surface area contributed by atoms with Crippen LogP contribution in [0.4, 0.5) is 0 Å². The first kappa shape index (κ1) is 25.7. The van der Waals surface area contributed by atoms with Crippen LogP contribution in [0.2, 0.25) is 0 Å². The topological polar surface area (TPSA) is 101 Å². The van der Waals surface area contributed by atoms with Crippen molar-refractivity contribution in [3.05, 3.63) is 34.9 Å². The highest BCUT2D eigenvalue weighted by atomic mass is 32.2. The number of fused-ring (bicyclic) bond motifs is 7. The number of amides is 1. The fraction of sp³-hybridized carbons (Fsp3) is 0.667. The van der Waals surface area contributed by atoms with Crippen molar-refractivity contribution in [1.82, 2.24) is 0 Å². The highest BCUT2D eigenvalue weighted by Crippen LogP contribution is 2.75. The molecule has 5 rings (SSSR count). The van der Waals surface area contributed by atoms with Gasteiger partial charge in [0.25, 0.3) is 0 Å². The number of rotatable bonds is 2. The number of primary amides is 1. The molecule has 0 aliphatic heterocycles. The molecule has 0 aromatic heterocycles. The summed E-state index contributed by atoms with van der Waals surface area (Å²) in [4.78, 5) is 24.8. The molecule has 0 spiro atoms. The standard InChI is InChI=1S/C30H41NO4S/c1-17(32)36-22-15-23-28(4,19-14-21(34)20(33)13-18(19)22)10-12-30(6)24-16-27(3,25(31)35)8-7-26(24,2)9-11-29(23,30)5/h13-15,22,24,33-34H,7-12,16H2,1-6H3,(H2,31,35)/t22?,24-,26-,27-,28+,29-,30+/m1/s1. The van der Waals surface area contributed by atoms with Crippen molar-refractivity contribution in [2.45, 2.75) is 97.2 Å². The van der Waals surface area contributed by atoms with Gasteiger partial charge in [-0.05, 0) is 90.4 Å². The first-order valence-corrected chi connectivity index (χ1v) is 14.2. The summed E-state index contributed by atoms with van der Waals surface area (Å²) in [6.07, 6.45) is 9.10. The van der Waals surface area contributed by atoms with Gasteiger partial charge in [0.05, 0.1) is 5.25 Å². The number of thioether (sulfide) groups is 1. The van der Waals surface area contributed by atoms with Crippen molar-refractivity contribution in [2.24, 2.45) is 33.3 Å². The summed E-state index contributed by atoms with van der Waals surface area (Å²) in [6.45, 7) is 13.2. The fourth-order valence-corrected chi connectivity index (χ4v) is 9.76. The molecule has 0 heterocycles. The van der Waals surface area contributed by atoms with E-state index in [1.807, 2.05) is 0 Å². The van der Waals surface area contributed by atoms with Crippen LogP contribution in [0.1, 0.15) is 103 Å². The lowest BCUT2D eigenvalue weighted by Crippen LogP contribution is -2.63. The number of phenolic OH excluding ortho intramolecular Hbond substituents is 2. The predicted octanol–water partition coefficient (Wildman–Crippen LogP) is 6.51. The Labute approximate surface area is 219 Å². The number of phenols is 2. The number of benzene rings is 1. The molecule has 6 heteroatoms. The summed E-state index contributed by atoms with van der Waals surface area (Å²) < 4.78 is 0. The van der Waals surface area contributed by atoms with E-state index in [1.165, 1.54) is 17.3 Å². The van der Waals surface area contributed by atoms with E-state index in [1.54, 1.807) is 19.1 Å². The van der Waals surface area contributed by atoms with Crippen molar-refractivity contribution in [1.29, 1.82) is 0 Å². The van der Waals surface area contributed by atoms with Gasteiger partial charge in [0, 0.05) is 17.8 Å². The van der Waals surface area contributed by atoms with Crippen LogP contribution in [-0.4, -0.2) is 21.2 Å². The third-order valence-electron chi connectivity index (χ3n) is 11.6. The molecule has 3 fully saturated rings. The number of allylic oxidation sites excluding steroid dienone is 1. The number of carbonyl (C=O) groups is 2. The molecule has 1 aromatic rings. The zero-order chi connectivity index (χ0) is 26.5. The molecule has 0 radical (unpaired) electrons. The summed E-state index contributed by atoms with van der Waals surface area (Å²) in [5.74, 6) is -0.0623. The van der Waals surface area contributed by atoms with E-state index in [2.05, 4.69) is 40.7 Å².